The van der Waals surface area contributed by atoms with Gasteiger partial charge in [0.1, 0.15) is 0 Å². The van der Waals surface area contributed by atoms with E-state index in [1.54, 1.807) is 12.1 Å². The first-order chi connectivity index (χ1) is 6.00. The summed E-state index contributed by atoms with van der Waals surface area (Å²) in [4.78, 5) is 0.410. The van der Waals surface area contributed by atoms with Crippen LogP contribution in [0.1, 0.15) is 11.1 Å². The molecular formula is C9H7BrO2S. The number of fused-ring (bicyclic) bond motifs is 1. The molecule has 0 amide bonds. The molecule has 1 heterocycles. The minimum absolute atomic E-state index is 0.410. The van der Waals surface area contributed by atoms with Crippen LogP contribution in [0.15, 0.2) is 26.9 Å². The molecular weight excluding hydrogens is 252 g/mol. The van der Waals surface area contributed by atoms with Crippen molar-refractivity contribution in [3.63, 3.8) is 0 Å². The van der Waals surface area contributed by atoms with Gasteiger partial charge in [0.2, 0.25) is 0 Å². The van der Waals surface area contributed by atoms with Crippen molar-refractivity contribution < 1.29 is 8.42 Å². The standard InChI is InChI=1S/C9H7BrO2S/c1-6-4-9-7(5-8(6)10)2-3-13(9,11)12/h2-5H,1H3. The van der Waals surface area contributed by atoms with Gasteiger partial charge in [0.25, 0.3) is 0 Å². The van der Waals surface area contributed by atoms with E-state index in [0.717, 1.165) is 15.6 Å². The first kappa shape index (κ1) is 8.97. The average Bonchev–Trinajstić information content (AvgIpc) is 2.31. The van der Waals surface area contributed by atoms with Crippen molar-refractivity contribution in [1.82, 2.24) is 0 Å². The zero-order valence-electron chi connectivity index (χ0n) is 6.91. The minimum Gasteiger partial charge on any atom is -0.219 e. The number of benzene rings is 1. The molecule has 2 nitrogen and oxygen atoms in total. The summed E-state index contributed by atoms with van der Waals surface area (Å²) in [6.45, 7) is 1.87. The average molecular weight is 259 g/mol. The fraction of sp³-hybridized carbons (Fsp3) is 0.111. The number of rotatable bonds is 0. The SMILES string of the molecule is Cc1cc2c(cc1Br)C=CS2(=O)=O. The maximum Gasteiger partial charge on any atom is 0.200 e. The van der Waals surface area contributed by atoms with E-state index in [9.17, 15) is 8.42 Å². The van der Waals surface area contributed by atoms with Crippen LogP contribution in [-0.4, -0.2) is 8.42 Å². The molecule has 1 aliphatic heterocycles. The van der Waals surface area contributed by atoms with Crippen molar-refractivity contribution in [2.45, 2.75) is 11.8 Å². The molecule has 0 spiro atoms. The summed E-state index contributed by atoms with van der Waals surface area (Å²) in [6, 6.07) is 3.51. The van der Waals surface area contributed by atoms with Gasteiger partial charge in [-0.3, -0.25) is 0 Å². The van der Waals surface area contributed by atoms with Crippen LogP contribution < -0.4 is 0 Å². The lowest BCUT2D eigenvalue weighted by Crippen LogP contribution is -1.94. The van der Waals surface area contributed by atoms with Gasteiger partial charge in [-0.1, -0.05) is 15.9 Å². The quantitative estimate of drug-likeness (QED) is 0.717. The molecule has 1 aliphatic rings. The van der Waals surface area contributed by atoms with Gasteiger partial charge in [-0.15, -0.1) is 0 Å². The Morgan fingerprint density at radius 1 is 1.31 bits per heavy atom. The second-order valence-electron chi connectivity index (χ2n) is 2.99. The lowest BCUT2D eigenvalue weighted by molar-refractivity contribution is 0.605. The van der Waals surface area contributed by atoms with Crippen LogP contribution >= 0.6 is 15.9 Å². The Morgan fingerprint density at radius 3 is 2.69 bits per heavy atom. The summed E-state index contributed by atoms with van der Waals surface area (Å²) in [5.41, 5.74) is 1.70. The van der Waals surface area contributed by atoms with Crippen molar-refractivity contribution in [2.24, 2.45) is 0 Å². The summed E-state index contributed by atoms with van der Waals surface area (Å²) in [5.74, 6) is 0. The minimum atomic E-state index is -3.15. The fourth-order valence-corrected chi connectivity index (χ4v) is 2.91. The summed E-state index contributed by atoms with van der Waals surface area (Å²) < 4.78 is 23.8. The molecule has 0 atom stereocenters. The van der Waals surface area contributed by atoms with Crippen LogP contribution in [0, 0.1) is 6.92 Å². The van der Waals surface area contributed by atoms with Crippen molar-refractivity contribution in [2.75, 3.05) is 0 Å². The van der Waals surface area contributed by atoms with Crippen LogP contribution in [0.4, 0.5) is 0 Å². The van der Waals surface area contributed by atoms with Gasteiger partial charge < -0.3 is 0 Å². The molecule has 0 unspecified atom stereocenters. The molecule has 0 saturated carbocycles. The maximum atomic E-state index is 11.4. The molecule has 0 bridgehead atoms. The van der Waals surface area contributed by atoms with Crippen LogP contribution in [0.2, 0.25) is 0 Å². The largest absolute Gasteiger partial charge is 0.219 e. The monoisotopic (exact) mass is 258 g/mol. The third-order valence-electron chi connectivity index (χ3n) is 2.02. The molecule has 68 valence electrons. The van der Waals surface area contributed by atoms with Gasteiger partial charge in [0, 0.05) is 9.88 Å². The highest BCUT2D eigenvalue weighted by molar-refractivity contribution is 9.10. The summed E-state index contributed by atoms with van der Waals surface area (Å²) >= 11 is 3.36. The molecule has 0 N–H and O–H groups in total. The molecule has 0 saturated heterocycles. The molecule has 0 aromatic heterocycles. The zero-order valence-corrected chi connectivity index (χ0v) is 9.31. The predicted octanol–water partition coefficient (Wildman–Crippen LogP) is 2.52. The van der Waals surface area contributed by atoms with Gasteiger partial charge in [-0.2, -0.15) is 0 Å². The summed E-state index contributed by atoms with van der Waals surface area (Å²) in [7, 11) is -3.15. The molecule has 0 aliphatic carbocycles. The number of sulfone groups is 1. The van der Waals surface area contributed by atoms with Crippen molar-refractivity contribution in [3.8, 4) is 0 Å². The zero-order chi connectivity index (χ0) is 9.64. The first-order valence-corrected chi connectivity index (χ1v) is 6.08. The van der Waals surface area contributed by atoms with Crippen LogP contribution in [0.3, 0.4) is 0 Å². The van der Waals surface area contributed by atoms with E-state index in [-0.39, 0.29) is 0 Å². The Hall–Kier alpha value is -0.610. The Labute approximate surface area is 85.3 Å². The highest BCUT2D eigenvalue weighted by Gasteiger charge is 2.21. The molecule has 0 radical (unpaired) electrons. The van der Waals surface area contributed by atoms with Crippen molar-refractivity contribution >= 4 is 31.8 Å². The summed E-state index contributed by atoms with van der Waals surface area (Å²) in [5, 5.41) is 1.24. The lowest BCUT2D eigenvalue weighted by atomic mass is 10.1. The Bertz CT molecular complexity index is 501. The van der Waals surface area contributed by atoms with E-state index in [4.69, 9.17) is 0 Å². The Balaban J connectivity index is 2.81. The van der Waals surface area contributed by atoms with Crippen LogP contribution in [0.25, 0.3) is 6.08 Å². The second-order valence-corrected chi connectivity index (χ2v) is 5.64. The Kier molecular flexibility index (Phi) is 1.85. The van der Waals surface area contributed by atoms with Gasteiger partial charge in [0.15, 0.2) is 9.84 Å². The smallest absolute Gasteiger partial charge is 0.200 e. The van der Waals surface area contributed by atoms with Gasteiger partial charge >= 0.3 is 0 Å². The molecule has 4 heteroatoms. The molecule has 2 rings (SSSR count). The topological polar surface area (TPSA) is 34.1 Å². The maximum absolute atomic E-state index is 11.4. The van der Waals surface area contributed by atoms with Gasteiger partial charge in [-0.05, 0) is 36.3 Å². The highest BCUT2D eigenvalue weighted by atomic mass is 79.9. The predicted molar refractivity (Wildman–Crippen MR) is 55.1 cm³/mol. The van der Waals surface area contributed by atoms with E-state index in [2.05, 4.69) is 15.9 Å². The van der Waals surface area contributed by atoms with Gasteiger partial charge in [0.05, 0.1) is 4.90 Å². The molecule has 1 aromatic rings. The molecule has 13 heavy (non-hydrogen) atoms. The van der Waals surface area contributed by atoms with Crippen LogP contribution in [0.5, 0.6) is 0 Å². The lowest BCUT2D eigenvalue weighted by Gasteiger charge is -2.02. The molecule has 1 aromatic carbocycles. The number of halogens is 1. The van der Waals surface area contributed by atoms with E-state index in [1.807, 2.05) is 13.0 Å². The van der Waals surface area contributed by atoms with E-state index < -0.39 is 9.84 Å². The van der Waals surface area contributed by atoms with Crippen LogP contribution in [-0.2, 0) is 9.84 Å². The highest BCUT2D eigenvalue weighted by Crippen LogP contribution is 2.31. The van der Waals surface area contributed by atoms with Crippen molar-refractivity contribution in [1.29, 1.82) is 0 Å². The van der Waals surface area contributed by atoms with E-state index >= 15 is 0 Å². The third kappa shape index (κ3) is 1.34. The number of hydrogen-bond acceptors (Lipinski definition) is 2. The fourth-order valence-electron chi connectivity index (χ4n) is 1.28. The number of hydrogen-bond donors (Lipinski definition) is 0. The number of aryl methyl sites for hydroxylation is 1. The third-order valence-corrected chi connectivity index (χ3v) is 4.34. The van der Waals surface area contributed by atoms with Crippen molar-refractivity contribution in [3.05, 3.63) is 33.1 Å². The van der Waals surface area contributed by atoms with E-state index in [1.165, 1.54) is 5.41 Å². The van der Waals surface area contributed by atoms with Gasteiger partial charge in [-0.25, -0.2) is 8.42 Å². The normalized spacial score (nSPS) is 17.4. The van der Waals surface area contributed by atoms with E-state index in [0.29, 0.717) is 4.90 Å². The molecule has 0 fully saturated rings. The Morgan fingerprint density at radius 2 is 2.00 bits per heavy atom. The second kappa shape index (κ2) is 2.69. The summed E-state index contributed by atoms with van der Waals surface area (Å²) in [6.07, 6.45) is 1.62. The first-order valence-electron chi connectivity index (χ1n) is 3.74.